The molecule has 0 fully saturated rings. The Bertz CT molecular complexity index is 937. The number of amides is 3. The molecule has 0 bridgehead atoms. The first-order valence-electron chi connectivity index (χ1n) is 10.0. The van der Waals surface area contributed by atoms with Crippen molar-refractivity contribution in [2.75, 3.05) is 11.9 Å². The predicted octanol–water partition coefficient (Wildman–Crippen LogP) is 4.33. The van der Waals surface area contributed by atoms with Gasteiger partial charge in [-0.2, -0.15) is 0 Å². The van der Waals surface area contributed by atoms with Crippen LogP contribution in [0.15, 0.2) is 46.9 Å². The number of ether oxygens (including phenoxy) is 1. The normalized spacial score (nSPS) is 10.9. The first kappa shape index (κ1) is 24.4. The van der Waals surface area contributed by atoms with E-state index < -0.39 is 11.8 Å². The van der Waals surface area contributed by atoms with Crippen molar-refractivity contribution in [1.29, 1.82) is 0 Å². The molecule has 0 atom stereocenters. The Morgan fingerprint density at radius 1 is 0.968 bits per heavy atom. The van der Waals surface area contributed by atoms with Crippen molar-refractivity contribution in [2.45, 2.75) is 46.0 Å². The lowest BCUT2D eigenvalue weighted by Gasteiger charge is -2.23. The number of carbonyl (C=O) groups is 3. The van der Waals surface area contributed by atoms with Crippen molar-refractivity contribution >= 4 is 39.3 Å². The van der Waals surface area contributed by atoms with Gasteiger partial charge in [-0.25, -0.2) is 0 Å². The molecule has 2 aromatic carbocycles. The molecule has 166 valence electrons. The monoisotopic (exact) mass is 489 g/mol. The number of hydrogen-bond donors (Lipinski definition) is 3. The molecule has 7 nitrogen and oxygen atoms in total. The summed E-state index contributed by atoms with van der Waals surface area (Å²) >= 11 is 3.45. The Morgan fingerprint density at radius 3 is 2.26 bits per heavy atom. The van der Waals surface area contributed by atoms with Gasteiger partial charge < -0.3 is 10.1 Å². The van der Waals surface area contributed by atoms with Gasteiger partial charge in [-0.1, -0.05) is 43.6 Å². The molecule has 3 amide bonds. The number of benzene rings is 2. The van der Waals surface area contributed by atoms with Crippen LogP contribution in [0.2, 0.25) is 0 Å². The number of rotatable bonds is 7. The van der Waals surface area contributed by atoms with Gasteiger partial charge >= 0.3 is 0 Å². The Labute approximate surface area is 191 Å². The van der Waals surface area contributed by atoms with Gasteiger partial charge in [0.1, 0.15) is 5.75 Å². The summed E-state index contributed by atoms with van der Waals surface area (Å²) in [6.45, 7) is 7.86. The van der Waals surface area contributed by atoms with E-state index in [-0.39, 0.29) is 17.9 Å². The van der Waals surface area contributed by atoms with E-state index in [0.717, 1.165) is 16.5 Å². The van der Waals surface area contributed by atoms with Gasteiger partial charge in [0.2, 0.25) is 5.91 Å². The van der Waals surface area contributed by atoms with Crippen LogP contribution in [-0.4, -0.2) is 24.3 Å². The number of halogens is 1. The van der Waals surface area contributed by atoms with Crippen molar-refractivity contribution in [2.24, 2.45) is 0 Å². The number of nitrogens with one attached hydrogen (secondary N) is 3. The van der Waals surface area contributed by atoms with Gasteiger partial charge in [0.05, 0.1) is 0 Å². The third-order valence-corrected chi connectivity index (χ3v) is 4.82. The van der Waals surface area contributed by atoms with E-state index in [4.69, 9.17) is 4.74 Å². The van der Waals surface area contributed by atoms with Crippen molar-refractivity contribution < 1.29 is 19.1 Å². The maximum atomic E-state index is 12.2. The van der Waals surface area contributed by atoms with Crippen LogP contribution in [0.3, 0.4) is 0 Å². The third-order valence-electron chi connectivity index (χ3n) is 4.33. The molecule has 0 aliphatic rings. The molecule has 2 aromatic rings. The Kier molecular flexibility index (Phi) is 8.62. The lowest BCUT2D eigenvalue weighted by atomic mass is 9.86. The number of hydrogen-bond acceptors (Lipinski definition) is 4. The van der Waals surface area contributed by atoms with Crippen LogP contribution in [0.4, 0.5) is 5.69 Å². The number of carbonyl (C=O) groups excluding carboxylic acids is 3. The van der Waals surface area contributed by atoms with Gasteiger partial charge in [0, 0.05) is 27.7 Å². The molecule has 0 aromatic heterocycles. The first-order chi connectivity index (χ1) is 14.6. The van der Waals surface area contributed by atoms with Crippen LogP contribution in [-0.2, 0) is 15.0 Å². The number of anilines is 1. The summed E-state index contributed by atoms with van der Waals surface area (Å²) in [5.74, 6) is -0.427. The molecule has 8 heteroatoms. The summed E-state index contributed by atoms with van der Waals surface area (Å²) in [5, 5.41) is 2.75. The highest BCUT2D eigenvalue weighted by Crippen LogP contribution is 2.33. The summed E-state index contributed by atoms with van der Waals surface area (Å²) in [6.07, 6.45) is 1.20. The van der Waals surface area contributed by atoms with E-state index in [1.54, 1.807) is 30.3 Å². The van der Waals surface area contributed by atoms with Crippen molar-refractivity contribution in [3.63, 3.8) is 0 Å². The number of hydrazine groups is 1. The van der Waals surface area contributed by atoms with Crippen LogP contribution in [0, 0.1) is 0 Å². The third kappa shape index (κ3) is 7.71. The Morgan fingerprint density at radius 2 is 1.65 bits per heavy atom. The molecular weight excluding hydrogens is 462 g/mol. The fourth-order valence-electron chi connectivity index (χ4n) is 2.75. The molecule has 0 spiro atoms. The second-order valence-corrected chi connectivity index (χ2v) is 8.97. The summed E-state index contributed by atoms with van der Waals surface area (Å²) in [4.78, 5) is 35.9. The SMILES string of the molecule is CCCC(=O)Nc1ccc(C(=O)NNC(=O)COc2ccc(Br)cc2C(C)(C)C)cc1. The maximum absolute atomic E-state index is 12.2. The molecule has 31 heavy (non-hydrogen) atoms. The Balaban J connectivity index is 1.86. The average molecular weight is 490 g/mol. The zero-order valence-corrected chi connectivity index (χ0v) is 19.8. The molecule has 0 heterocycles. The minimum Gasteiger partial charge on any atom is -0.483 e. The fraction of sp³-hybridized carbons (Fsp3) is 0.348. The lowest BCUT2D eigenvalue weighted by Crippen LogP contribution is -2.43. The summed E-state index contributed by atoms with van der Waals surface area (Å²) < 4.78 is 6.59. The van der Waals surface area contributed by atoms with Gasteiger partial charge in [-0.3, -0.25) is 25.2 Å². The second kappa shape index (κ2) is 10.9. The smallest absolute Gasteiger partial charge is 0.276 e. The van der Waals surface area contributed by atoms with Crippen LogP contribution in [0.5, 0.6) is 5.75 Å². The topological polar surface area (TPSA) is 96.5 Å². The predicted molar refractivity (Wildman–Crippen MR) is 124 cm³/mol. The standard InChI is InChI=1S/C23H28BrN3O4/c1-5-6-20(28)25-17-10-7-15(8-11-17)22(30)27-26-21(29)14-31-19-12-9-16(24)13-18(19)23(2,3)4/h7-13H,5-6,14H2,1-4H3,(H,25,28)(H,26,29)(H,27,30). The van der Waals surface area contributed by atoms with Gasteiger partial charge in [0.15, 0.2) is 6.61 Å². The molecule has 0 saturated heterocycles. The van der Waals surface area contributed by atoms with E-state index in [2.05, 4.69) is 52.9 Å². The molecule has 0 aliphatic carbocycles. The van der Waals surface area contributed by atoms with Crippen molar-refractivity contribution in [3.05, 3.63) is 58.1 Å². The highest BCUT2D eigenvalue weighted by atomic mass is 79.9. The zero-order chi connectivity index (χ0) is 23.0. The minimum absolute atomic E-state index is 0.0765. The van der Waals surface area contributed by atoms with E-state index in [0.29, 0.717) is 23.4 Å². The van der Waals surface area contributed by atoms with Gasteiger partial charge in [-0.05, 0) is 54.3 Å². The molecule has 0 aliphatic heterocycles. The molecule has 0 unspecified atom stereocenters. The molecule has 0 saturated carbocycles. The van der Waals surface area contributed by atoms with E-state index >= 15 is 0 Å². The maximum Gasteiger partial charge on any atom is 0.276 e. The average Bonchev–Trinajstić information content (AvgIpc) is 2.71. The molecule has 3 N–H and O–H groups in total. The minimum atomic E-state index is -0.487. The second-order valence-electron chi connectivity index (χ2n) is 8.06. The first-order valence-corrected chi connectivity index (χ1v) is 10.8. The zero-order valence-electron chi connectivity index (χ0n) is 18.2. The fourth-order valence-corrected chi connectivity index (χ4v) is 3.11. The van der Waals surface area contributed by atoms with Crippen molar-refractivity contribution in [1.82, 2.24) is 10.9 Å². The van der Waals surface area contributed by atoms with Crippen LogP contribution >= 0.6 is 15.9 Å². The molecule has 0 radical (unpaired) electrons. The van der Waals surface area contributed by atoms with E-state index in [1.165, 1.54) is 0 Å². The lowest BCUT2D eigenvalue weighted by molar-refractivity contribution is -0.123. The molecular formula is C23H28BrN3O4. The quantitative estimate of drug-likeness (QED) is 0.504. The van der Waals surface area contributed by atoms with Gasteiger partial charge in [0.25, 0.3) is 11.8 Å². The highest BCUT2D eigenvalue weighted by Gasteiger charge is 2.20. The highest BCUT2D eigenvalue weighted by molar-refractivity contribution is 9.10. The van der Waals surface area contributed by atoms with Crippen LogP contribution < -0.4 is 20.9 Å². The van der Waals surface area contributed by atoms with Crippen LogP contribution in [0.25, 0.3) is 0 Å². The van der Waals surface area contributed by atoms with E-state index in [1.807, 2.05) is 19.1 Å². The van der Waals surface area contributed by atoms with Gasteiger partial charge in [-0.15, -0.1) is 0 Å². The van der Waals surface area contributed by atoms with Crippen molar-refractivity contribution in [3.8, 4) is 5.75 Å². The summed E-state index contributed by atoms with van der Waals surface area (Å²) in [7, 11) is 0. The van der Waals surface area contributed by atoms with Crippen LogP contribution in [0.1, 0.15) is 56.5 Å². The largest absolute Gasteiger partial charge is 0.483 e. The summed E-state index contributed by atoms with van der Waals surface area (Å²) in [5.41, 5.74) is 6.45. The van der Waals surface area contributed by atoms with E-state index in [9.17, 15) is 14.4 Å². The molecule has 2 rings (SSSR count). The Hall–Kier alpha value is -2.87. The summed E-state index contributed by atoms with van der Waals surface area (Å²) in [6, 6.07) is 12.0.